The molecule has 1 aromatic heterocycles. The minimum atomic E-state index is -0.000472. The number of aromatic nitrogens is 2. The molecule has 0 saturated heterocycles. The van der Waals surface area contributed by atoms with Crippen LogP contribution in [0.5, 0.6) is 0 Å². The van der Waals surface area contributed by atoms with Crippen LogP contribution in [-0.4, -0.2) is 48.0 Å². The van der Waals surface area contributed by atoms with Crippen LogP contribution < -0.4 is 4.90 Å². The molecule has 0 bridgehead atoms. The molecule has 0 aliphatic heterocycles. The molecule has 2 aromatic carbocycles. The summed E-state index contributed by atoms with van der Waals surface area (Å²) in [6.07, 6.45) is 4.02. The number of fused-ring (bicyclic) bond motifs is 1. The minimum absolute atomic E-state index is 0.000472. The fraction of sp³-hybridized carbons (Fsp3) is 0.348. The van der Waals surface area contributed by atoms with E-state index in [-0.39, 0.29) is 5.91 Å². The summed E-state index contributed by atoms with van der Waals surface area (Å²) >= 11 is 0. The second-order valence-corrected chi connectivity index (χ2v) is 7.20. The fourth-order valence-electron chi connectivity index (χ4n) is 3.30. The lowest BCUT2D eigenvalue weighted by molar-refractivity contribution is 0.0827. The molecule has 0 spiro atoms. The van der Waals surface area contributed by atoms with Gasteiger partial charge >= 0.3 is 0 Å². The molecule has 0 N–H and O–H groups in total. The lowest BCUT2D eigenvalue weighted by atomic mass is 10.0. The summed E-state index contributed by atoms with van der Waals surface area (Å²) in [6.45, 7) is 6.30. The van der Waals surface area contributed by atoms with Gasteiger partial charge in [0.1, 0.15) is 5.82 Å². The maximum absolute atomic E-state index is 12.3. The lowest BCUT2D eigenvalue weighted by Crippen LogP contribution is -2.25. The number of rotatable bonds is 7. The average Bonchev–Trinajstić information content (AvgIpc) is 2.72. The van der Waals surface area contributed by atoms with Crippen LogP contribution in [-0.2, 0) is 0 Å². The van der Waals surface area contributed by atoms with E-state index in [0.717, 1.165) is 53.9 Å². The number of hydrogen-bond acceptors (Lipinski definition) is 4. The van der Waals surface area contributed by atoms with E-state index in [4.69, 9.17) is 4.98 Å². The highest BCUT2D eigenvalue weighted by atomic mass is 16.2. The van der Waals surface area contributed by atoms with Crippen LogP contribution in [0.1, 0.15) is 37.0 Å². The Morgan fingerprint density at radius 1 is 0.929 bits per heavy atom. The summed E-state index contributed by atoms with van der Waals surface area (Å²) in [7, 11) is 3.53. The SMILES string of the molecule is CCCN(CCC)c1cnc2ccc(-c3cccc(C(=O)N(C)C)c3)cc2n1. The molecule has 0 saturated carbocycles. The van der Waals surface area contributed by atoms with Crippen LogP contribution in [0.25, 0.3) is 22.2 Å². The van der Waals surface area contributed by atoms with Gasteiger partial charge in [-0.25, -0.2) is 4.98 Å². The van der Waals surface area contributed by atoms with Crippen LogP contribution in [0.15, 0.2) is 48.7 Å². The molecule has 3 aromatic rings. The average molecular weight is 377 g/mol. The van der Waals surface area contributed by atoms with E-state index in [1.165, 1.54) is 0 Å². The van der Waals surface area contributed by atoms with Crippen molar-refractivity contribution in [1.29, 1.82) is 0 Å². The van der Waals surface area contributed by atoms with Crippen LogP contribution >= 0.6 is 0 Å². The van der Waals surface area contributed by atoms with Crippen LogP contribution in [0.2, 0.25) is 0 Å². The second-order valence-electron chi connectivity index (χ2n) is 7.20. The first-order valence-corrected chi connectivity index (χ1v) is 9.87. The molecular weight excluding hydrogens is 348 g/mol. The van der Waals surface area contributed by atoms with Gasteiger partial charge in [0.2, 0.25) is 0 Å². The smallest absolute Gasteiger partial charge is 0.253 e. The van der Waals surface area contributed by atoms with E-state index in [1.54, 1.807) is 19.0 Å². The monoisotopic (exact) mass is 376 g/mol. The zero-order valence-electron chi connectivity index (χ0n) is 17.1. The van der Waals surface area contributed by atoms with Gasteiger partial charge in [0.25, 0.3) is 5.91 Å². The lowest BCUT2D eigenvalue weighted by Gasteiger charge is -2.22. The Labute approximate surface area is 167 Å². The van der Waals surface area contributed by atoms with Crippen molar-refractivity contribution < 1.29 is 4.79 Å². The maximum Gasteiger partial charge on any atom is 0.253 e. The van der Waals surface area contributed by atoms with Gasteiger partial charge in [-0.05, 0) is 48.2 Å². The molecule has 0 atom stereocenters. The van der Waals surface area contributed by atoms with Gasteiger partial charge in [-0.2, -0.15) is 0 Å². The van der Waals surface area contributed by atoms with E-state index >= 15 is 0 Å². The normalized spacial score (nSPS) is 10.9. The Kier molecular flexibility index (Phi) is 6.24. The van der Waals surface area contributed by atoms with Gasteiger partial charge in [-0.15, -0.1) is 0 Å². The van der Waals surface area contributed by atoms with Gasteiger partial charge in [0.05, 0.1) is 17.2 Å². The molecule has 1 amide bonds. The summed E-state index contributed by atoms with van der Waals surface area (Å²) in [5.41, 5.74) is 4.46. The van der Waals surface area contributed by atoms with Gasteiger partial charge in [0, 0.05) is 32.7 Å². The summed E-state index contributed by atoms with van der Waals surface area (Å²) in [5, 5.41) is 0. The number of amides is 1. The zero-order valence-corrected chi connectivity index (χ0v) is 17.1. The molecule has 146 valence electrons. The molecule has 3 rings (SSSR count). The first kappa shape index (κ1) is 19.8. The fourth-order valence-corrected chi connectivity index (χ4v) is 3.30. The highest BCUT2D eigenvalue weighted by Crippen LogP contribution is 2.25. The Morgan fingerprint density at radius 2 is 1.64 bits per heavy atom. The van der Waals surface area contributed by atoms with E-state index in [2.05, 4.69) is 29.8 Å². The first-order valence-electron chi connectivity index (χ1n) is 9.87. The molecule has 0 unspecified atom stereocenters. The third kappa shape index (κ3) is 4.30. The third-order valence-electron chi connectivity index (χ3n) is 4.69. The van der Waals surface area contributed by atoms with Crippen molar-refractivity contribution >= 4 is 22.8 Å². The Balaban J connectivity index is 1.99. The summed E-state index contributed by atoms with van der Waals surface area (Å²) < 4.78 is 0. The van der Waals surface area contributed by atoms with Crippen LogP contribution in [0.4, 0.5) is 5.82 Å². The van der Waals surface area contributed by atoms with E-state index in [1.807, 2.05) is 42.6 Å². The number of carbonyl (C=O) groups is 1. The van der Waals surface area contributed by atoms with Crippen molar-refractivity contribution in [1.82, 2.24) is 14.9 Å². The number of nitrogens with zero attached hydrogens (tertiary/aromatic N) is 4. The highest BCUT2D eigenvalue weighted by Gasteiger charge is 2.11. The van der Waals surface area contributed by atoms with Crippen molar-refractivity contribution in [2.75, 3.05) is 32.1 Å². The summed E-state index contributed by atoms with van der Waals surface area (Å²) in [6, 6.07) is 13.8. The Hall–Kier alpha value is -2.95. The number of carbonyl (C=O) groups excluding carboxylic acids is 1. The van der Waals surface area contributed by atoms with Crippen molar-refractivity contribution in [2.24, 2.45) is 0 Å². The van der Waals surface area contributed by atoms with Crippen molar-refractivity contribution in [2.45, 2.75) is 26.7 Å². The summed E-state index contributed by atoms with van der Waals surface area (Å²) in [5.74, 6) is 0.921. The highest BCUT2D eigenvalue weighted by molar-refractivity contribution is 5.95. The number of benzene rings is 2. The molecule has 5 heteroatoms. The molecule has 28 heavy (non-hydrogen) atoms. The predicted octanol–water partition coefficient (Wildman–Crippen LogP) is 4.63. The Morgan fingerprint density at radius 3 is 2.32 bits per heavy atom. The second kappa shape index (κ2) is 8.83. The first-order chi connectivity index (χ1) is 13.5. The van der Waals surface area contributed by atoms with Crippen molar-refractivity contribution in [3.63, 3.8) is 0 Å². The van der Waals surface area contributed by atoms with E-state index in [0.29, 0.717) is 5.56 Å². The third-order valence-corrected chi connectivity index (χ3v) is 4.69. The van der Waals surface area contributed by atoms with E-state index in [9.17, 15) is 4.79 Å². The van der Waals surface area contributed by atoms with Gasteiger partial charge < -0.3 is 9.80 Å². The van der Waals surface area contributed by atoms with Crippen molar-refractivity contribution in [3.8, 4) is 11.1 Å². The quantitative estimate of drug-likeness (QED) is 0.603. The van der Waals surface area contributed by atoms with Crippen molar-refractivity contribution in [3.05, 3.63) is 54.2 Å². The molecule has 5 nitrogen and oxygen atoms in total. The molecule has 0 aliphatic rings. The van der Waals surface area contributed by atoms with Crippen LogP contribution in [0.3, 0.4) is 0 Å². The predicted molar refractivity (Wildman–Crippen MR) is 116 cm³/mol. The van der Waals surface area contributed by atoms with Gasteiger partial charge in [-0.3, -0.25) is 9.78 Å². The van der Waals surface area contributed by atoms with Gasteiger partial charge in [0.15, 0.2) is 0 Å². The standard InChI is InChI=1S/C23H28N4O/c1-5-12-27(13-6-2)22-16-24-20-11-10-18(15-21(20)25-22)17-8-7-9-19(14-17)23(28)26(3)4/h7-11,14-16H,5-6,12-13H2,1-4H3. The zero-order chi connectivity index (χ0) is 20.1. The number of hydrogen-bond donors (Lipinski definition) is 0. The van der Waals surface area contributed by atoms with E-state index < -0.39 is 0 Å². The molecule has 1 heterocycles. The molecule has 0 aliphatic carbocycles. The molecular formula is C23H28N4O. The number of anilines is 1. The Bertz CT molecular complexity index is 962. The maximum atomic E-state index is 12.3. The molecule has 0 radical (unpaired) electrons. The molecule has 0 fully saturated rings. The van der Waals surface area contributed by atoms with Crippen LogP contribution in [0, 0.1) is 0 Å². The minimum Gasteiger partial charge on any atom is -0.355 e. The topological polar surface area (TPSA) is 49.3 Å². The van der Waals surface area contributed by atoms with Gasteiger partial charge in [-0.1, -0.05) is 32.0 Å². The summed E-state index contributed by atoms with van der Waals surface area (Å²) in [4.78, 5) is 25.6. The largest absolute Gasteiger partial charge is 0.355 e.